The Labute approximate surface area is 238 Å². The quantitative estimate of drug-likeness (QED) is 0.411. The maximum absolute atomic E-state index is 13.0. The smallest absolute Gasteiger partial charge is 0.406 e. The number of amides is 1. The number of aromatic nitrogens is 3. The molecule has 1 saturated heterocycles. The molecular formula is C28H29F3N6O5. The Morgan fingerprint density at radius 3 is 2.69 bits per heavy atom. The van der Waals surface area contributed by atoms with Crippen LogP contribution in [0.5, 0.6) is 0 Å². The number of benzene rings is 1. The van der Waals surface area contributed by atoms with Gasteiger partial charge in [-0.15, -0.1) is 0 Å². The monoisotopic (exact) mass is 586 g/mol. The molecule has 1 amide bonds. The van der Waals surface area contributed by atoms with E-state index in [9.17, 15) is 32.8 Å². The molecule has 0 bridgehead atoms. The van der Waals surface area contributed by atoms with Gasteiger partial charge in [0.15, 0.2) is 11.9 Å². The summed E-state index contributed by atoms with van der Waals surface area (Å²) in [5.41, 5.74) is -0.742. The first-order chi connectivity index (χ1) is 19.7. The molecule has 2 unspecified atom stereocenters. The minimum absolute atomic E-state index is 0.0208. The van der Waals surface area contributed by atoms with E-state index in [1.54, 1.807) is 37.6 Å². The van der Waals surface area contributed by atoms with Gasteiger partial charge in [-0.2, -0.15) is 23.5 Å². The highest BCUT2D eigenvalue weighted by atomic mass is 19.4. The predicted molar refractivity (Wildman–Crippen MR) is 144 cm³/mol. The van der Waals surface area contributed by atoms with Gasteiger partial charge in [0.2, 0.25) is 0 Å². The SMILES string of the molecule is CC(C)(C)OC(=O)C1CCC(CC#N)(n2nc(Nc3ccc4c(c3)CN(CC(F)(F)F)C4=O)c3c(=O)[nH]ccc32)CO1. The van der Waals surface area contributed by atoms with E-state index in [4.69, 9.17) is 9.47 Å². The number of carbonyl (C=O) groups excluding carboxylic acids is 2. The molecule has 14 heteroatoms. The van der Waals surface area contributed by atoms with Crippen LogP contribution in [0.15, 0.2) is 35.3 Å². The molecule has 0 saturated carbocycles. The van der Waals surface area contributed by atoms with Crippen LogP contribution in [0, 0.1) is 11.3 Å². The number of hydrogen-bond donors (Lipinski definition) is 2. The zero-order valence-corrected chi connectivity index (χ0v) is 23.2. The van der Waals surface area contributed by atoms with Crippen molar-refractivity contribution in [1.29, 1.82) is 5.26 Å². The van der Waals surface area contributed by atoms with Crippen LogP contribution in [0.1, 0.15) is 56.0 Å². The van der Waals surface area contributed by atoms with E-state index >= 15 is 0 Å². The number of nitrogens with one attached hydrogen (secondary N) is 2. The molecular weight excluding hydrogens is 557 g/mol. The van der Waals surface area contributed by atoms with E-state index < -0.39 is 47.4 Å². The summed E-state index contributed by atoms with van der Waals surface area (Å²) in [6.07, 6.45) is -3.31. The zero-order chi connectivity index (χ0) is 30.4. The summed E-state index contributed by atoms with van der Waals surface area (Å²) in [6, 6.07) is 8.32. The number of halogens is 3. The number of ether oxygens (including phenoxy) is 2. The van der Waals surface area contributed by atoms with Crippen LogP contribution in [0.2, 0.25) is 0 Å². The first-order valence-electron chi connectivity index (χ1n) is 13.3. The van der Waals surface area contributed by atoms with Crippen molar-refractivity contribution >= 4 is 34.3 Å². The molecule has 2 aliphatic heterocycles. The molecule has 42 heavy (non-hydrogen) atoms. The van der Waals surface area contributed by atoms with Crippen LogP contribution in [0.3, 0.4) is 0 Å². The summed E-state index contributed by atoms with van der Waals surface area (Å²) in [7, 11) is 0. The van der Waals surface area contributed by atoms with Gasteiger partial charge >= 0.3 is 12.1 Å². The summed E-state index contributed by atoms with van der Waals surface area (Å²) >= 11 is 0. The Bertz CT molecular complexity index is 1640. The molecule has 1 aromatic carbocycles. The minimum Gasteiger partial charge on any atom is -0.458 e. The van der Waals surface area contributed by atoms with Crippen LogP contribution >= 0.6 is 0 Å². The third-order valence-corrected chi connectivity index (χ3v) is 7.17. The van der Waals surface area contributed by atoms with Gasteiger partial charge in [-0.05, 0) is 63.4 Å². The largest absolute Gasteiger partial charge is 0.458 e. The lowest BCUT2D eigenvalue weighted by Gasteiger charge is -2.39. The number of pyridine rings is 1. The average molecular weight is 587 g/mol. The average Bonchev–Trinajstić information content (AvgIpc) is 3.41. The molecule has 1 fully saturated rings. The second-order valence-corrected chi connectivity index (χ2v) is 11.5. The van der Waals surface area contributed by atoms with Crippen LogP contribution in [0.4, 0.5) is 24.7 Å². The molecule has 2 aromatic heterocycles. The first-order valence-corrected chi connectivity index (χ1v) is 13.3. The van der Waals surface area contributed by atoms with Crippen LogP contribution in [-0.2, 0) is 26.4 Å². The van der Waals surface area contributed by atoms with Gasteiger partial charge in [-0.1, -0.05) is 0 Å². The molecule has 2 N–H and O–H groups in total. The molecule has 3 aromatic rings. The van der Waals surface area contributed by atoms with E-state index in [1.807, 2.05) is 0 Å². The summed E-state index contributed by atoms with van der Waals surface area (Å²) < 4.78 is 51.7. The summed E-state index contributed by atoms with van der Waals surface area (Å²) in [4.78, 5) is 41.4. The second-order valence-electron chi connectivity index (χ2n) is 11.5. The fourth-order valence-corrected chi connectivity index (χ4v) is 5.36. The molecule has 11 nitrogen and oxygen atoms in total. The lowest BCUT2D eigenvalue weighted by atomic mass is 9.87. The number of carbonyl (C=O) groups is 2. The van der Waals surface area contributed by atoms with Crippen molar-refractivity contribution in [2.45, 2.75) is 70.0 Å². The number of rotatable bonds is 6. The Morgan fingerprint density at radius 2 is 2.05 bits per heavy atom. The van der Waals surface area contributed by atoms with Crippen molar-refractivity contribution in [3.63, 3.8) is 0 Å². The van der Waals surface area contributed by atoms with Crippen molar-refractivity contribution in [2.24, 2.45) is 0 Å². The van der Waals surface area contributed by atoms with Crippen molar-refractivity contribution in [1.82, 2.24) is 19.7 Å². The van der Waals surface area contributed by atoms with E-state index in [1.165, 1.54) is 18.3 Å². The Kier molecular flexibility index (Phi) is 7.26. The van der Waals surface area contributed by atoms with Gasteiger partial charge in [0.25, 0.3) is 11.5 Å². The highest BCUT2D eigenvalue weighted by molar-refractivity contribution is 5.99. The normalized spacial score (nSPS) is 20.8. The molecule has 2 atom stereocenters. The number of nitriles is 1. The van der Waals surface area contributed by atoms with Crippen molar-refractivity contribution in [2.75, 3.05) is 18.5 Å². The Morgan fingerprint density at radius 1 is 1.29 bits per heavy atom. The number of alkyl halides is 3. The molecule has 0 spiro atoms. The standard InChI is InChI=1S/C28H29F3N6O5/c1-26(2,3)42-25(40)20-6-8-27(9-10-32,15-41-20)37-19-7-11-33-23(38)21(19)22(35-37)34-17-4-5-18-16(12-17)13-36(24(18)39)14-28(29,30)31/h4-5,7,11-12,20H,6,8-9,13-15H2,1-3H3,(H,33,38)(H,34,35). The van der Waals surface area contributed by atoms with Gasteiger partial charge in [0.05, 0.1) is 30.2 Å². The van der Waals surface area contributed by atoms with Gasteiger partial charge < -0.3 is 24.7 Å². The van der Waals surface area contributed by atoms with Gasteiger partial charge in [-0.3, -0.25) is 14.3 Å². The number of H-pyrrole nitrogens is 1. The number of nitrogens with zero attached hydrogens (tertiary/aromatic N) is 4. The highest BCUT2D eigenvalue weighted by Gasteiger charge is 2.43. The topological polar surface area (TPSA) is 142 Å². The Hall–Kier alpha value is -4.38. The fraction of sp³-hybridized carbons (Fsp3) is 0.464. The Balaban J connectivity index is 1.46. The first kappa shape index (κ1) is 29.1. The van der Waals surface area contributed by atoms with E-state index in [0.29, 0.717) is 23.2 Å². The fourth-order valence-electron chi connectivity index (χ4n) is 5.36. The number of hydrogen-bond acceptors (Lipinski definition) is 8. The van der Waals surface area contributed by atoms with Crippen LogP contribution in [-0.4, -0.2) is 62.6 Å². The summed E-state index contributed by atoms with van der Waals surface area (Å²) in [6.45, 7) is 3.67. The van der Waals surface area contributed by atoms with E-state index in [-0.39, 0.29) is 42.8 Å². The molecule has 0 aliphatic carbocycles. The lowest BCUT2D eigenvalue weighted by Crippen LogP contribution is -2.47. The van der Waals surface area contributed by atoms with E-state index in [2.05, 4.69) is 21.5 Å². The van der Waals surface area contributed by atoms with Crippen LogP contribution < -0.4 is 10.9 Å². The van der Waals surface area contributed by atoms with Crippen molar-refractivity contribution in [3.8, 4) is 6.07 Å². The zero-order valence-electron chi connectivity index (χ0n) is 23.2. The third kappa shape index (κ3) is 5.69. The van der Waals surface area contributed by atoms with Crippen molar-refractivity contribution < 1.29 is 32.2 Å². The number of fused-ring (bicyclic) bond motifs is 2. The van der Waals surface area contributed by atoms with Crippen molar-refractivity contribution in [3.05, 3.63) is 51.9 Å². The molecule has 222 valence electrons. The molecule has 2 aliphatic rings. The summed E-state index contributed by atoms with van der Waals surface area (Å²) in [5.74, 6) is -1.06. The van der Waals surface area contributed by atoms with Gasteiger partial charge in [0.1, 0.15) is 17.5 Å². The number of aromatic amines is 1. The van der Waals surface area contributed by atoms with Crippen LogP contribution in [0.25, 0.3) is 10.9 Å². The van der Waals surface area contributed by atoms with E-state index in [0.717, 1.165) is 4.90 Å². The minimum atomic E-state index is -4.53. The predicted octanol–water partition coefficient (Wildman–Crippen LogP) is 4.12. The number of esters is 1. The second kappa shape index (κ2) is 10.5. The lowest BCUT2D eigenvalue weighted by molar-refractivity contribution is -0.176. The maximum atomic E-state index is 13.0. The summed E-state index contributed by atoms with van der Waals surface area (Å²) in [5, 5.41) is 17.7. The molecule has 0 radical (unpaired) electrons. The molecule has 4 heterocycles. The van der Waals surface area contributed by atoms with Gasteiger partial charge in [-0.25, -0.2) is 4.79 Å². The van der Waals surface area contributed by atoms with Gasteiger partial charge in [0, 0.05) is 24.0 Å². The number of anilines is 2. The maximum Gasteiger partial charge on any atom is 0.406 e. The highest BCUT2D eigenvalue weighted by Crippen LogP contribution is 2.38. The third-order valence-electron chi connectivity index (χ3n) is 7.17. The molecule has 5 rings (SSSR count).